The Labute approximate surface area is 87.6 Å². The van der Waals surface area contributed by atoms with E-state index in [2.05, 4.69) is 20.0 Å². The zero-order valence-corrected chi connectivity index (χ0v) is 10.5. The van der Waals surface area contributed by atoms with Crippen molar-refractivity contribution in [3.63, 3.8) is 0 Å². The molecule has 8 heavy (non-hydrogen) atoms. The minimum atomic E-state index is -0.233. The van der Waals surface area contributed by atoms with Gasteiger partial charge >= 0.3 is 23.1 Å². The second-order valence-corrected chi connectivity index (χ2v) is 5.40. The first-order valence-electron chi connectivity index (χ1n) is 2.56. The topological polar surface area (TPSA) is 0 Å². The average molecular weight is 252 g/mol. The molecule has 3 heteroatoms. The van der Waals surface area contributed by atoms with Crippen molar-refractivity contribution in [1.82, 2.24) is 0 Å². The van der Waals surface area contributed by atoms with Crippen molar-refractivity contribution in [2.75, 3.05) is 0 Å². The van der Waals surface area contributed by atoms with Crippen molar-refractivity contribution in [3.05, 3.63) is 6.92 Å². The summed E-state index contributed by atoms with van der Waals surface area (Å²) in [6, 6.07) is 1.40. The quantitative estimate of drug-likeness (QED) is 0.313. The van der Waals surface area contributed by atoms with E-state index >= 15 is 0 Å². The van der Waals surface area contributed by atoms with Gasteiger partial charge in [-0.1, -0.05) is 19.1 Å². The van der Waals surface area contributed by atoms with E-state index in [1.807, 2.05) is 0 Å². The van der Waals surface area contributed by atoms with Crippen LogP contribution < -0.4 is 24.0 Å². The van der Waals surface area contributed by atoms with E-state index in [1.165, 1.54) is 6.04 Å². The maximum Gasteiger partial charge on any atom is 2.00 e. The Morgan fingerprint density at radius 1 is 1.38 bits per heavy atom. The molecule has 0 unspecified atom stereocenters. The van der Waals surface area contributed by atoms with E-state index in [1.54, 1.807) is 0 Å². The van der Waals surface area contributed by atoms with Gasteiger partial charge in [-0.15, -0.1) is 0 Å². The normalized spacial score (nSPS) is 7.50. The molecule has 0 aromatic rings. The molecule has 0 bridgehead atoms. The van der Waals surface area contributed by atoms with Gasteiger partial charge in [-0.2, -0.15) is 6.42 Å². The van der Waals surface area contributed by atoms with Gasteiger partial charge in [0.1, 0.15) is 0 Å². The summed E-state index contributed by atoms with van der Waals surface area (Å²) < 4.78 is 0. The van der Waals surface area contributed by atoms with Crippen LogP contribution in [-0.2, 0) is 0 Å². The van der Waals surface area contributed by atoms with E-state index in [9.17, 15) is 0 Å². The third-order valence-corrected chi connectivity index (χ3v) is 2.34. The standard InChI is InChI=1S/C5H13Si.HI.Mg/c1-4-5-6(2)3;;/h6H,1,4-5H2,2-3H3;1H;/q-1;;+2/p-1. The zero-order chi connectivity index (χ0) is 4.99. The van der Waals surface area contributed by atoms with Crippen LogP contribution in [0.1, 0.15) is 6.42 Å². The smallest absolute Gasteiger partial charge is 1.00 e. The van der Waals surface area contributed by atoms with Crippen molar-refractivity contribution < 1.29 is 24.0 Å². The molecule has 0 aliphatic heterocycles. The Hall–Kier alpha value is 1.71. The van der Waals surface area contributed by atoms with Crippen LogP contribution in [0.5, 0.6) is 0 Å². The third-order valence-electron chi connectivity index (χ3n) is 0.781. The van der Waals surface area contributed by atoms with Crippen LogP contribution in [0.2, 0.25) is 19.1 Å². The number of hydrogen-bond donors (Lipinski definition) is 0. The molecule has 46 valence electrons. The Bertz CT molecular complexity index is 33.6. The maximum absolute atomic E-state index is 3.76. The SMILES string of the molecule is [CH2-]CC[SiH](C)C.[I-].[Mg+2]. The maximum atomic E-state index is 3.76. The predicted molar refractivity (Wildman–Crippen MR) is 39.4 cm³/mol. The van der Waals surface area contributed by atoms with Gasteiger partial charge in [0.15, 0.2) is 0 Å². The van der Waals surface area contributed by atoms with E-state index < -0.39 is 0 Å². The molecule has 0 saturated heterocycles. The van der Waals surface area contributed by atoms with Crippen molar-refractivity contribution in [3.8, 4) is 0 Å². The summed E-state index contributed by atoms with van der Waals surface area (Å²) in [5.41, 5.74) is 0. The summed E-state index contributed by atoms with van der Waals surface area (Å²) in [5.74, 6) is 0. The Morgan fingerprint density at radius 3 is 1.75 bits per heavy atom. The van der Waals surface area contributed by atoms with Crippen LogP contribution in [0.3, 0.4) is 0 Å². The minimum Gasteiger partial charge on any atom is -1.00 e. The summed E-state index contributed by atoms with van der Waals surface area (Å²) in [7, 11) is -0.233. The monoisotopic (exact) mass is 252 g/mol. The Balaban J connectivity index is -0.000000125. The number of rotatable bonds is 2. The van der Waals surface area contributed by atoms with E-state index in [0.717, 1.165) is 6.42 Å². The molecule has 0 saturated carbocycles. The zero-order valence-electron chi connectivity index (χ0n) is 5.78. The van der Waals surface area contributed by atoms with Crippen molar-refractivity contribution in [1.29, 1.82) is 0 Å². The van der Waals surface area contributed by atoms with E-state index in [4.69, 9.17) is 0 Å². The van der Waals surface area contributed by atoms with Crippen LogP contribution >= 0.6 is 0 Å². The second-order valence-electron chi connectivity index (χ2n) is 2.04. The fourth-order valence-electron chi connectivity index (χ4n) is 0.408. The third kappa shape index (κ3) is 15.6. The van der Waals surface area contributed by atoms with Gasteiger partial charge < -0.3 is 30.9 Å². The van der Waals surface area contributed by atoms with Gasteiger partial charge in [-0.25, -0.2) is 0 Å². The summed E-state index contributed by atoms with van der Waals surface area (Å²) in [6.45, 7) is 8.47. The average Bonchev–Trinajstić information content (AvgIpc) is 1.35. The van der Waals surface area contributed by atoms with E-state index in [0.29, 0.717) is 0 Å². The first-order chi connectivity index (χ1) is 2.77. The second kappa shape index (κ2) is 11.5. The first-order valence-corrected chi connectivity index (χ1v) is 5.69. The Kier molecular flexibility index (Phi) is 23.5. The molecule has 0 aliphatic rings. The Morgan fingerprint density at radius 2 is 1.75 bits per heavy atom. The molecular weight excluding hydrogens is 239 g/mol. The number of halogens is 1. The molecule has 0 fully saturated rings. The minimum absolute atomic E-state index is 0. The first kappa shape index (κ1) is 16.4. The molecule has 0 spiro atoms. The molecule has 0 rings (SSSR count). The van der Waals surface area contributed by atoms with Crippen LogP contribution in [0, 0.1) is 6.92 Å². The summed E-state index contributed by atoms with van der Waals surface area (Å²) in [6.07, 6.45) is 1.14. The molecule has 0 aromatic carbocycles. The number of hydrogen-bond acceptors (Lipinski definition) is 0. The van der Waals surface area contributed by atoms with Gasteiger partial charge in [-0.05, 0) is 0 Å². The van der Waals surface area contributed by atoms with Gasteiger partial charge in [-0.3, -0.25) is 0 Å². The van der Waals surface area contributed by atoms with Gasteiger partial charge in [0.25, 0.3) is 0 Å². The molecule has 0 aliphatic carbocycles. The summed E-state index contributed by atoms with van der Waals surface area (Å²) in [5, 5.41) is 0. The fourth-order valence-corrected chi connectivity index (χ4v) is 1.22. The molecule has 0 aromatic heterocycles. The van der Waals surface area contributed by atoms with Crippen LogP contribution in [-0.4, -0.2) is 31.8 Å². The van der Waals surface area contributed by atoms with Gasteiger partial charge in [0.2, 0.25) is 0 Å². The van der Waals surface area contributed by atoms with Crippen LogP contribution in [0.15, 0.2) is 0 Å². The molecule has 0 radical (unpaired) electrons. The van der Waals surface area contributed by atoms with E-state index in [-0.39, 0.29) is 55.8 Å². The van der Waals surface area contributed by atoms with Gasteiger partial charge in [0, 0.05) is 8.80 Å². The van der Waals surface area contributed by atoms with Crippen molar-refractivity contribution in [2.45, 2.75) is 25.6 Å². The molecule has 0 N–H and O–H groups in total. The largest absolute Gasteiger partial charge is 2.00 e. The summed E-state index contributed by atoms with van der Waals surface area (Å²) in [4.78, 5) is 0. The molecule has 0 atom stereocenters. The molecule has 0 heterocycles. The summed E-state index contributed by atoms with van der Waals surface area (Å²) >= 11 is 0. The van der Waals surface area contributed by atoms with Crippen molar-refractivity contribution >= 4 is 31.8 Å². The molecule has 0 nitrogen and oxygen atoms in total. The molecular formula is C5H13IMgSi. The van der Waals surface area contributed by atoms with Crippen LogP contribution in [0.25, 0.3) is 0 Å². The fraction of sp³-hybridized carbons (Fsp3) is 0.800. The van der Waals surface area contributed by atoms with Crippen molar-refractivity contribution in [2.24, 2.45) is 0 Å². The van der Waals surface area contributed by atoms with Gasteiger partial charge in [0.05, 0.1) is 0 Å². The predicted octanol–water partition coefficient (Wildman–Crippen LogP) is -1.68. The van der Waals surface area contributed by atoms with Crippen LogP contribution in [0.4, 0.5) is 0 Å². The molecule has 0 amide bonds.